The van der Waals surface area contributed by atoms with Crippen LogP contribution in [0.2, 0.25) is 0 Å². The molecule has 4 nitrogen and oxygen atoms in total. The number of halogens is 3. The Kier molecular flexibility index (Phi) is 5.11. The lowest BCUT2D eigenvalue weighted by Crippen LogP contribution is -2.62. The third-order valence-electron chi connectivity index (χ3n) is 6.63. The Morgan fingerprint density at radius 3 is 2.43 bits per heavy atom. The van der Waals surface area contributed by atoms with E-state index in [9.17, 15) is 23.1 Å². The fourth-order valence-electron chi connectivity index (χ4n) is 4.24. The van der Waals surface area contributed by atoms with Gasteiger partial charge in [-0.2, -0.15) is 23.3 Å². The smallest absolute Gasteiger partial charge is 0.362 e. The molecule has 1 fully saturated rings. The van der Waals surface area contributed by atoms with Gasteiger partial charge in [0.15, 0.2) is 0 Å². The fourth-order valence-corrected chi connectivity index (χ4v) is 4.24. The van der Waals surface area contributed by atoms with Crippen molar-refractivity contribution in [3.05, 3.63) is 35.4 Å². The van der Waals surface area contributed by atoms with Crippen molar-refractivity contribution < 1.29 is 23.1 Å². The molecule has 1 saturated carbocycles. The number of carbonyl (C=O) groups excluding carboxylic acids is 1. The summed E-state index contributed by atoms with van der Waals surface area (Å²) in [5.74, 6) is -2.15. The Morgan fingerprint density at radius 1 is 1.29 bits per heavy atom. The number of hydrogen-bond acceptors (Lipinski definition) is 3. The van der Waals surface area contributed by atoms with Crippen molar-refractivity contribution in [3.8, 4) is 0 Å². The SMILES string of the molecule is CCC(C)(C)[C@@H]1CCC2=NN(C(=O)c3ccc(C)cc3)[C@](O)(C(F)(F)F)[C@H]2C1. The maximum atomic E-state index is 14.1. The molecule has 0 aromatic heterocycles. The summed E-state index contributed by atoms with van der Waals surface area (Å²) >= 11 is 0. The van der Waals surface area contributed by atoms with Crippen LogP contribution in [0.5, 0.6) is 0 Å². The van der Waals surface area contributed by atoms with Crippen LogP contribution < -0.4 is 0 Å². The number of fused-ring (bicyclic) bond motifs is 1. The Morgan fingerprint density at radius 2 is 1.89 bits per heavy atom. The number of aryl methyl sites for hydroxylation is 1. The summed E-state index contributed by atoms with van der Waals surface area (Å²) in [6.45, 7) is 7.91. The molecule has 1 N–H and O–H groups in total. The summed E-state index contributed by atoms with van der Waals surface area (Å²) in [6.07, 6.45) is -2.96. The molecule has 2 aliphatic rings. The maximum Gasteiger partial charge on any atom is 0.439 e. The van der Waals surface area contributed by atoms with E-state index in [0.717, 1.165) is 12.0 Å². The lowest BCUT2D eigenvalue weighted by Gasteiger charge is -2.43. The lowest BCUT2D eigenvalue weighted by molar-refractivity contribution is -0.314. The highest BCUT2D eigenvalue weighted by atomic mass is 19.4. The van der Waals surface area contributed by atoms with Gasteiger partial charge in [0.05, 0.1) is 5.92 Å². The number of nitrogens with zero attached hydrogens (tertiary/aromatic N) is 2. The molecule has 1 heterocycles. The minimum absolute atomic E-state index is 0.0183. The molecule has 1 amide bonds. The van der Waals surface area contributed by atoms with Crippen molar-refractivity contribution in [2.24, 2.45) is 22.4 Å². The second kappa shape index (κ2) is 6.87. The normalized spacial score (nSPS) is 28.1. The second-order valence-corrected chi connectivity index (χ2v) is 8.66. The third-order valence-corrected chi connectivity index (χ3v) is 6.63. The van der Waals surface area contributed by atoms with Crippen molar-refractivity contribution in [2.45, 2.75) is 65.3 Å². The molecule has 0 saturated heterocycles. The molecule has 28 heavy (non-hydrogen) atoms. The van der Waals surface area contributed by atoms with Gasteiger partial charge in [0.2, 0.25) is 0 Å². The number of carbonyl (C=O) groups is 1. The van der Waals surface area contributed by atoms with Gasteiger partial charge >= 0.3 is 6.18 Å². The van der Waals surface area contributed by atoms with Crippen molar-refractivity contribution in [3.63, 3.8) is 0 Å². The van der Waals surface area contributed by atoms with Gasteiger partial charge in [-0.3, -0.25) is 4.79 Å². The Bertz CT molecular complexity index is 786. The van der Waals surface area contributed by atoms with E-state index < -0.39 is 23.7 Å². The Labute approximate surface area is 163 Å². The fraction of sp³-hybridized carbons (Fsp3) is 0.619. The second-order valence-electron chi connectivity index (χ2n) is 8.66. The van der Waals surface area contributed by atoms with Crippen molar-refractivity contribution in [1.29, 1.82) is 0 Å². The first-order valence-corrected chi connectivity index (χ1v) is 9.69. The molecular formula is C21H27F3N2O2. The van der Waals surface area contributed by atoms with E-state index in [-0.39, 0.29) is 34.0 Å². The number of amides is 1. The zero-order chi connectivity index (χ0) is 20.9. The van der Waals surface area contributed by atoms with Crippen LogP contribution in [0.4, 0.5) is 13.2 Å². The van der Waals surface area contributed by atoms with Crippen molar-refractivity contribution in [2.75, 3.05) is 0 Å². The van der Waals surface area contributed by atoms with E-state index in [2.05, 4.69) is 5.10 Å². The summed E-state index contributed by atoms with van der Waals surface area (Å²) in [7, 11) is 0. The van der Waals surface area contributed by atoms with Crippen LogP contribution in [-0.2, 0) is 0 Å². The topological polar surface area (TPSA) is 52.9 Å². The van der Waals surface area contributed by atoms with Gasteiger partial charge < -0.3 is 5.11 Å². The van der Waals surface area contributed by atoms with Gasteiger partial charge in [0.1, 0.15) is 0 Å². The van der Waals surface area contributed by atoms with E-state index in [1.165, 1.54) is 12.1 Å². The van der Waals surface area contributed by atoms with Crippen molar-refractivity contribution in [1.82, 2.24) is 5.01 Å². The molecule has 0 bridgehead atoms. The van der Waals surface area contributed by atoms with Crippen LogP contribution in [0.1, 0.15) is 62.4 Å². The molecule has 154 valence electrons. The number of hydrazone groups is 1. The number of aliphatic hydroxyl groups is 1. The van der Waals surface area contributed by atoms with Crippen LogP contribution in [0.15, 0.2) is 29.4 Å². The number of rotatable bonds is 3. The molecule has 1 aliphatic carbocycles. The minimum Gasteiger partial charge on any atom is -0.362 e. The molecular weight excluding hydrogens is 369 g/mol. The van der Waals surface area contributed by atoms with Gasteiger partial charge in [-0.15, -0.1) is 0 Å². The first-order valence-electron chi connectivity index (χ1n) is 9.69. The van der Waals surface area contributed by atoms with E-state index in [0.29, 0.717) is 12.8 Å². The molecule has 7 heteroatoms. The molecule has 3 rings (SSSR count). The third kappa shape index (κ3) is 3.23. The van der Waals surface area contributed by atoms with Gasteiger partial charge in [-0.05, 0) is 49.7 Å². The van der Waals surface area contributed by atoms with E-state index in [4.69, 9.17) is 0 Å². The highest BCUT2D eigenvalue weighted by molar-refractivity contribution is 5.99. The number of hydrogen-bond donors (Lipinski definition) is 1. The summed E-state index contributed by atoms with van der Waals surface area (Å²) in [6, 6.07) is 6.21. The summed E-state index contributed by atoms with van der Waals surface area (Å²) in [5.41, 5.74) is -2.24. The zero-order valence-electron chi connectivity index (χ0n) is 16.7. The quantitative estimate of drug-likeness (QED) is 0.789. The van der Waals surface area contributed by atoms with Gasteiger partial charge in [0.25, 0.3) is 11.6 Å². The average Bonchev–Trinajstić information content (AvgIpc) is 2.95. The molecule has 1 aromatic rings. The van der Waals surface area contributed by atoms with Gasteiger partial charge in [-0.1, -0.05) is 44.9 Å². The minimum atomic E-state index is -5.01. The van der Waals surface area contributed by atoms with E-state index in [1.807, 2.05) is 27.7 Å². The van der Waals surface area contributed by atoms with Crippen molar-refractivity contribution >= 4 is 11.6 Å². The molecule has 3 atom stereocenters. The van der Waals surface area contributed by atoms with Gasteiger partial charge in [-0.25, -0.2) is 0 Å². The monoisotopic (exact) mass is 396 g/mol. The van der Waals surface area contributed by atoms with Crippen LogP contribution in [0, 0.1) is 24.2 Å². The van der Waals surface area contributed by atoms with E-state index >= 15 is 0 Å². The summed E-state index contributed by atoms with van der Waals surface area (Å²) in [4.78, 5) is 12.9. The zero-order valence-corrected chi connectivity index (χ0v) is 16.7. The molecule has 0 radical (unpaired) electrons. The molecule has 1 aromatic carbocycles. The van der Waals surface area contributed by atoms with Crippen LogP contribution in [-0.4, -0.2) is 33.6 Å². The Hall–Kier alpha value is -1.89. The van der Waals surface area contributed by atoms with Crippen LogP contribution in [0.3, 0.4) is 0 Å². The lowest BCUT2D eigenvalue weighted by atomic mass is 9.64. The Balaban J connectivity index is 2.00. The standard InChI is InChI=1S/C21H27F3N2O2/c1-5-19(3,4)15-10-11-17-16(12-15)20(28,21(22,23)24)26(25-17)18(27)14-8-6-13(2)7-9-14/h6-9,15-16,28H,5,10-12H2,1-4H3/t15-,16+,20-/m1/s1. The largest absolute Gasteiger partial charge is 0.439 e. The first kappa shape index (κ1) is 20.8. The maximum absolute atomic E-state index is 14.1. The summed E-state index contributed by atoms with van der Waals surface area (Å²) in [5, 5.41) is 15.2. The van der Waals surface area contributed by atoms with Crippen LogP contribution in [0.25, 0.3) is 0 Å². The summed E-state index contributed by atoms with van der Waals surface area (Å²) < 4.78 is 42.3. The number of alkyl halides is 3. The highest BCUT2D eigenvalue weighted by Gasteiger charge is 2.69. The first-order chi connectivity index (χ1) is 12.9. The van der Waals surface area contributed by atoms with E-state index in [1.54, 1.807) is 12.1 Å². The highest BCUT2D eigenvalue weighted by Crippen LogP contribution is 2.52. The predicted molar refractivity (Wildman–Crippen MR) is 101 cm³/mol. The molecule has 1 aliphatic heterocycles. The average molecular weight is 396 g/mol. The molecule has 0 unspecified atom stereocenters. The predicted octanol–water partition coefficient (Wildman–Crippen LogP) is 4.91. The van der Waals surface area contributed by atoms with Gasteiger partial charge in [0, 0.05) is 11.3 Å². The van der Waals surface area contributed by atoms with Crippen LogP contribution >= 0.6 is 0 Å². The number of benzene rings is 1. The molecule has 0 spiro atoms.